The summed E-state index contributed by atoms with van der Waals surface area (Å²) in [6.07, 6.45) is -0.452. The van der Waals surface area contributed by atoms with E-state index >= 15 is 0 Å². The van der Waals surface area contributed by atoms with Crippen LogP contribution in [0.15, 0.2) is 42.5 Å². The van der Waals surface area contributed by atoms with E-state index in [2.05, 4.69) is 16.0 Å². The van der Waals surface area contributed by atoms with Crippen molar-refractivity contribution in [3.8, 4) is 0 Å². The minimum Gasteiger partial charge on any atom is -0.444 e. The van der Waals surface area contributed by atoms with Gasteiger partial charge in [-0.15, -0.1) is 0 Å². The Balaban J connectivity index is 1.83. The molecular formula is C22H25Cl2N3O4. The lowest BCUT2D eigenvalue weighted by Gasteiger charge is -2.19. The number of benzene rings is 2. The number of halogens is 2. The molecule has 9 heteroatoms. The van der Waals surface area contributed by atoms with Crippen molar-refractivity contribution in [2.45, 2.75) is 39.3 Å². The monoisotopic (exact) mass is 465 g/mol. The van der Waals surface area contributed by atoms with E-state index in [0.29, 0.717) is 15.7 Å². The number of carbonyl (C=O) groups is 3. The molecule has 2 aromatic rings. The number of ether oxygens (including phenoxy) is 1. The average Bonchev–Trinajstić information content (AvgIpc) is 2.67. The Morgan fingerprint density at radius 3 is 2.45 bits per heavy atom. The maximum atomic E-state index is 12.5. The number of rotatable bonds is 7. The lowest BCUT2D eigenvalue weighted by Crippen LogP contribution is -2.35. The molecule has 3 N–H and O–H groups in total. The topological polar surface area (TPSA) is 96.5 Å². The van der Waals surface area contributed by atoms with E-state index in [1.54, 1.807) is 51.1 Å². The fraction of sp³-hybridized carbons (Fsp3) is 0.318. The van der Waals surface area contributed by atoms with Gasteiger partial charge < -0.3 is 20.7 Å². The summed E-state index contributed by atoms with van der Waals surface area (Å²) in [5.41, 5.74) is 1.03. The molecule has 0 aliphatic rings. The SMILES string of the molecule is CC(C)(C)OC(=O)NCCC(=O)NCc1cccc(NC(=O)c2cc(Cl)ccc2Cl)c1. The molecule has 0 unspecified atom stereocenters. The van der Waals surface area contributed by atoms with Crippen molar-refractivity contribution >= 4 is 46.8 Å². The molecule has 2 aromatic carbocycles. The van der Waals surface area contributed by atoms with Gasteiger partial charge in [-0.05, 0) is 56.7 Å². The summed E-state index contributed by atoms with van der Waals surface area (Å²) in [6.45, 7) is 5.72. The first kappa shape index (κ1) is 24.5. The van der Waals surface area contributed by atoms with E-state index in [9.17, 15) is 14.4 Å². The van der Waals surface area contributed by atoms with Gasteiger partial charge in [0, 0.05) is 30.2 Å². The van der Waals surface area contributed by atoms with Crippen LogP contribution in [-0.2, 0) is 16.1 Å². The Bertz CT molecular complexity index is 958. The zero-order chi connectivity index (χ0) is 23.0. The molecule has 0 saturated carbocycles. The molecule has 166 valence electrons. The summed E-state index contributed by atoms with van der Waals surface area (Å²) in [6, 6.07) is 11.7. The lowest BCUT2D eigenvalue weighted by atomic mass is 10.1. The van der Waals surface area contributed by atoms with Gasteiger partial charge in [0.1, 0.15) is 5.60 Å². The standard InChI is InChI=1S/C22H25Cl2N3O4/c1-22(2,3)31-21(30)25-10-9-19(28)26-13-14-5-4-6-16(11-14)27-20(29)17-12-15(23)7-8-18(17)24/h4-8,11-12H,9-10,13H2,1-3H3,(H,25,30)(H,26,28)(H,27,29). The molecule has 0 bridgehead atoms. The highest BCUT2D eigenvalue weighted by Gasteiger charge is 2.16. The highest BCUT2D eigenvalue weighted by molar-refractivity contribution is 6.36. The van der Waals surface area contributed by atoms with Crippen LogP contribution < -0.4 is 16.0 Å². The van der Waals surface area contributed by atoms with Crippen molar-refractivity contribution in [1.82, 2.24) is 10.6 Å². The van der Waals surface area contributed by atoms with E-state index in [4.69, 9.17) is 27.9 Å². The molecule has 0 fully saturated rings. The Labute approximate surface area is 191 Å². The van der Waals surface area contributed by atoms with Gasteiger partial charge in [-0.2, -0.15) is 0 Å². The third-order valence-electron chi connectivity index (χ3n) is 3.87. The fourth-order valence-corrected chi connectivity index (χ4v) is 2.89. The van der Waals surface area contributed by atoms with Crippen LogP contribution in [0, 0.1) is 0 Å². The van der Waals surface area contributed by atoms with E-state index in [1.807, 2.05) is 6.07 Å². The van der Waals surface area contributed by atoms with Gasteiger partial charge in [0.05, 0.1) is 10.6 Å². The maximum absolute atomic E-state index is 12.5. The van der Waals surface area contributed by atoms with Crippen LogP contribution in [0.1, 0.15) is 43.1 Å². The summed E-state index contributed by atoms with van der Waals surface area (Å²) >= 11 is 12.0. The van der Waals surface area contributed by atoms with Crippen molar-refractivity contribution in [3.63, 3.8) is 0 Å². The fourth-order valence-electron chi connectivity index (χ4n) is 2.51. The Morgan fingerprint density at radius 2 is 1.74 bits per heavy atom. The number of amides is 3. The molecule has 7 nitrogen and oxygen atoms in total. The smallest absolute Gasteiger partial charge is 0.407 e. The molecular weight excluding hydrogens is 441 g/mol. The van der Waals surface area contributed by atoms with Crippen LogP contribution in [0.5, 0.6) is 0 Å². The summed E-state index contributed by atoms with van der Waals surface area (Å²) < 4.78 is 5.11. The average molecular weight is 466 g/mol. The highest BCUT2D eigenvalue weighted by Crippen LogP contribution is 2.22. The van der Waals surface area contributed by atoms with Crippen molar-refractivity contribution in [2.24, 2.45) is 0 Å². The number of carbonyl (C=O) groups excluding carboxylic acids is 3. The third kappa shape index (κ3) is 8.86. The Morgan fingerprint density at radius 1 is 1.00 bits per heavy atom. The Kier molecular flexibility index (Phi) is 8.71. The van der Waals surface area contributed by atoms with Crippen LogP contribution in [0.4, 0.5) is 10.5 Å². The second-order valence-electron chi connectivity index (χ2n) is 7.73. The lowest BCUT2D eigenvalue weighted by molar-refractivity contribution is -0.121. The van der Waals surface area contributed by atoms with E-state index < -0.39 is 11.7 Å². The molecule has 0 radical (unpaired) electrons. The first-order valence-corrected chi connectivity index (χ1v) is 10.4. The highest BCUT2D eigenvalue weighted by atomic mass is 35.5. The molecule has 3 amide bonds. The predicted octanol–water partition coefficient (Wildman–Crippen LogP) is 4.78. The summed E-state index contributed by atoms with van der Waals surface area (Å²) in [7, 11) is 0. The van der Waals surface area contributed by atoms with Crippen LogP contribution in [0.3, 0.4) is 0 Å². The van der Waals surface area contributed by atoms with Gasteiger partial charge in [-0.1, -0.05) is 35.3 Å². The first-order valence-electron chi connectivity index (χ1n) is 9.62. The van der Waals surface area contributed by atoms with Gasteiger partial charge in [0.2, 0.25) is 5.91 Å². The first-order chi connectivity index (χ1) is 14.5. The van der Waals surface area contributed by atoms with Crippen molar-refractivity contribution in [1.29, 1.82) is 0 Å². The van der Waals surface area contributed by atoms with E-state index in [0.717, 1.165) is 5.56 Å². The zero-order valence-electron chi connectivity index (χ0n) is 17.6. The van der Waals surface area contributed by atoms with Gasteiger partial charge in [0.15, 0.2) is 0 Å². The molecule has 31 heavy (non-hydrogen) atoms. The minimum atomic E-state index is -0.592. The Hall–Kier alpha value is -2.77. The van der Waals surface area contributed by atoms with Crippen LogP contribution in [0.25, 0.3) is 0 Å². The number of alkyl carbamates (subject to hydrolysis) is 1. The molecule has 0 atom stereocenters. The van der Waals surface area contributed by atoms with Gasteiger partial charge in [0.25, 0.3) is 5.91 Å². The molecule has 0 aromatic heterocycles. The van der Waals surface area contributed by atoms with Crippen LogP contribution >= 0.6 is 23.2 Å². The molecule has 0 heterocycles. The van der Waals surface area contributed by atoms with Crippen LogP contribution in [0.2, 0.25) is 10.0 Å². The second kappa shape index (κ2) is 11.0. The molecule has 0 saturated heterocycles. The second-order valence-corrected chi connectivity index (χ2v) is 8.58. The third-order valence-corrected chi connectivity index (χ3v) is 4.43. The molecule has 0 aliphatic heterocycles. The minimum absolute atomic E-state index is 0.114. The molecule has 2 rings (SSSR count). The van der Waals surface area contributed by atoms with Gasteiger partial charge in [-0.25, -0.2) is 4.79 Å². The largest absolute Gasteiger partial charge is 0.444 e. The number of hydrogen-bond donors (Lipinski definition) is 3. The predicted molar refractivity (Wildman–Crippen MR) is 122 cm³/mol. The summed E-state index contributed by atoms with van der Waals surface area (Å²) in [5, 5.41) is 8.77. The van der Waals surface area contributed by atoms with Gasteiger partial charge in [-0.3, -0.25) is 9.59 Å². The van der Waals surface area contributed by atoms with E-state index in [1.165, 1.54) is 6.07 Å². The summed E-state index contributed by atoms with van der Waals surface area (Å²) in [5.74, 6) is -0.613. The number of hydrogen-bond acceptors (Lipinski definition) is 4. The van der Waals surface area contributed by atoms with E-state index in [-0.39, 0.29) is 36.9 Å². The zero-order valence-corrected chi connectivity index (χ0v) is 19.1. The quantitative estimate of drug-likeness (QED) is 0.548. The van der Waals surface area contributed by atoms with Gasteiger partial charge >= 0.3 is 6.09 Å². The molecule has 0 aliphatic carbocycles. The summed E-state index contributed by atoms with van der Waals surface area (Å²) in [4.78, 5) is 36.0. The van der Waals surface area contributed by atoms with Crippen molar-refractivity contribution in [3.05, 3.63) is 63.6 Å². The van der Waals surface area contributed by atoms with Crippen LogP contribution in [-0.4, -0.2) is 30.1 Å². The van der Waals surface area contributed by atoms with Crippen molar-refractivity contribution in [2.75, 3.05) is 11.9 Å². The number of nitrogens with one attached hydrogen (secondary N) is 3. The molecule has 0 spiro atoms. The number of anilines is 1. The van der Waals surface area contributed by atoms with Crippen molar-refractivity contribution < 1.29 is 19.1 Å². The normalized spacial score (nSPS) is 10.9. The maximum Gasteiger partial charge on any atom is 0.407 e.